The van der Waals surface area contributed by atoms with Gasteiger partial charge >= 0.3 is 0 Å². The van der Waals surface area contributed by atoms with Gasteiger partial charge in [0.25, 0.3) is 5.91 Å². The Labute approximate surface area is 127 Å². The lowest BCUT2D eigenvalue weighted by molar-refractivity contribution is 0.103. The van der Waals surface area contributed by atoms with Crippen LogP contribution >= 0.6 is 22.9 Å². The number of aromatic nitrogens is 1. The first-order valence-electron chi connectivity index (χ1n) is 6.66. The Bertz CT molecular complexity index is 636. The van der Waals surface area contributed by atoms with E-state index in [1.807, 2.05) is 6.07 Å². The van der Waals surface area contributed by atoms with Crippen molar-refractivity contribution in [1.29, 1.82) is 0 Å². The maximum atomic E-state index is 12.2. The van der Waals surface area contributed by atoms with Gasteiger partial charge in [-0.25, -0.2) is 4.98 Å². The highest BCUT2D eigenvalue weighted by Crippen LogP contribution is 2.32. The van der Waals surface area contributed by atoms with Gasteiger partial charge in [0.05, 0.1) is 9.90 Å². The molecule has 0 saturated heterocycles. The second-order valence-corrected chi connectivity index (χ2v) is 6.80. The SMILES string of the molecule is C[C@@H]1CCc2sc(C(=O)Nc3ccc(Cl)cn3)cc2C1. The number of pyridine rings is 1. The molecule has 1 amide bonds. The number of hydrogen-bond donors (Lipinski definition) is 1. The monoisotopic (exact) mass is 306 g/mol. The van der Waals surface area contributed by atoms with Crippen molar-refractivity contribution in [2.24, 2.45) is 5.92 Å². The van der Waals surface area contributed by atoms with E-state index in [0.717, 1.165) is 17.7 Å². The zero-order valence-corrected chi connectivity index (χ0v) is 12.7. The van der Waals surface area contributed by atoms with E-state index in [4.69, 9.17) is 11.6 Å². The number of halogens is 1. The fraction of sp³-hybridized carbons (Fsp3) is 0.333. The van der Waals surface area contributed by atoms with Crippen LogP contribution in [0.2, 0.25) is 5.02 Å². The van der Waals surface area contributed by atoms with Gasteiger partial charge in [0, 0.05) is 11.1 Å². The molecule has 0 aromatic carbocycles. The zero-order chi connectivity index (χ0) is 14.1. The van der Waals surface area contributed by atoms with Crippen molar-refractivity contribution in [1.82, 2.24) is 4.98 Å². The average Bonchev–Trinajstić information content (AvgIpc) is 2.84. The lowest BCUT2D eigenvalue weighted by Gasteiger charge is -2.16. The van der Waals surface area contributed by atoms with Crippen LogP contribution in [-0.2, 0) is 12.8 Å². The summed E-state index contributed by atoms with van der Waals surface area (Å²) in [6.45, 7) is 2.26. The van der Waals surface area contributed by atoms with E-state index in [9.17, 15) is 4.79 Å². The third kappa shape index (κ3) is 2.86. The Hall–Kier alpha value is -1.39. The van der Waals surface area contributed by atoms with E-state index in [-0.39, 0.29) is 5.91 Å². The summed E-state index contributed by atoms with van der Waals surface area (Å²) in [5.74, 6) is 1.15. The largest absolute Gasteiger partial charge is 0.306 e. The summed E-state index contributed by atoms with van der Waals surface area (Å²) in [5, 5.41) is 3.37. The zero-order valence-electron chi connectivity index (χ0n) is 11.1. The Morgan fingerprint density at radius 1 is 1.50 bits per heavy atom. The standard InChI is InChI=1S/C15H15ClN2OS/c1-9-2-4-12-10(6-9)7-13(20-12)15(19)18-14-5-3-11(16)8-17-14/h3,5,7-9H,2,4,6H2,1H3,(H,17,18,19)/t9-/m1/s1. The van der Waals surface area contributed by atoms with Crippen LogP contribution in [0.1, 0.15) is 33.5 Å². The summed E-state index contributed by atoms with van der Waals surface area (Å²) in [6, 6.07) is 5.45. The van der Waals surface area contributed by atoms with Crippen molar-refractivity contribution in [3.8, 4) is 0 Å². The van der Waals surface area contributed by atoms with Crippen LogP contribution < -0.4 is 5.32 Å². The van der Waals surface area contributed by atoms with Crippen LogP contribution in [0.4, 0.5) is 5.82 Å². The number of thiophene rings is 1. The summed E-state index contributed by atoms with van der Waals surface area (Å²) in [5.41, 5.74) is 1.34. The molecule has 1 aliphatic carbocycles. The van der Waals surface area contributed by atoms with Gasteiger partial charge < -0.3 is 5.32 Å². The van der Waals surface area contributed by atoms with E-state index in [0.29, 0.717) is 16.8 Å². The van der Waals surface area contributed by atoms with Crippen LogP contribution in [0.15, 0.2) is 24.4 Å². The number of carbonyl (C=O) groups is 1. The lowest BCUT2D eigenvalue weighted by Crippen LogP contribution is -2.11. The lowest BCUT2D eigenvalue weighted by atomic mass is 9.90. The molecule has 0 unspecified atom stereocenters. The van der Waals surface area contributed by atoms with Crippen LogP contribution in [0.3, 0.4) is 0 Å². The van der Waals surface area contributed by atoms with E-state index in [1.165, 1.54) is 23.1 Å². The highest BCUT2D eigenvalue weighted by atomic mass is 35.5. The number of nitrogens with one attached hydrogen (secondary N) is 1. The van der Waals surface area contributed by atoms with E-state index in [1.54, 1.807) is 23.5 Å². The van der Waals surface area contributed by atoms with E-state index in [2.05, 4.69) is 17.2 Å². The molecule has 104 valence electrons. The summed E-state index contributed by atoms with van der Waals surface area (Å²) >= 11 is 7.38. The first-order chi connectivity index (χ1) is 9.61. The fourth-order valence-electron chi connectivity index (χ4n) is 2.45. The molecule has 0 saturated carbocycles. The van der Waals surface area contributed by atoms with Crippen LogP contribution in [0, 0.1) is 5.92 Å². The number of amides is 1. The fourth-order valence-corrected chi connectivity index (χ4v) is 3.66. The number of anilines is 1. The van der Waals surface area contributed by atoms with Crippen molar-refractivity contribution in [2.45, 2.75) is 26.2 Å². The molecule has 0 bridgehead atoms. The summed E-state index contributed by atoms with van der Waals surface area (Å²) < 4.78 is 0. The first kappa shape index (κ1) is 13.6. The topological polar surface area (TPSA) is 42.0 Å². The third-order valence-corrected chi connectivity index (χ3v) is 4.98. The Balaban J connectivity index is 1.76. The molecule has 1 N–H and O–H groups in total. The molecule has 0 fully saturated rings. The molecule has 5 heteroatoms. The van der Waals surface area contributed by atoms with Gasteiger partial charge in [-0.05, 0) is 48.9 Å². The van der Waals surface area contributed by atoms with Gasteiger partial charge in [0.1, 0.15) is 5.82 Å². The van der Waals surface area contributed by atoms with Crippen LogP contribution in [0.25, 0.3) is 0 Å². The van der Waals surface area contributed by atoms with Gasteiger partial charge in [-0.3, -0.25) is 4.79 Å². The van der Waals surface area contributed by atoms with Gasteiger partial charge in [0.15, 0.2) is 0 Å². The number of nitrogens with zero attached hydrogens (tertiary/aromatic N) is 1. The summed E-state index contributed by atoms with van der Waals surface area (Å²) in [6.07, 6.45) is 4.91. The van der Waals surface area contributed by atoms with Crippen LogP contribution in [0.5, 0.6) is 0 Å². The molecule has 1 atom stereocenters. The van der Waals surface area contributed by atoms with Crippen molar-refractivity contribution in [3.63, 3.8) is 0 Å². The second-order valence-electron chi connectivity index (χ2n) is 5.22. The van der Waals surface area contributed by atoms with Crippen molar-refractivity contribution >= 4 is 34.7 Å². The Morgan fingerprint density at radius 3 is 3.10 bits per heavy atom. The molecule has 1 aliphatic rings. The number of carbonyl (C=O) groups excluding carboxylic acids is 1. The molecule has 0 spiro atoms. The van der Waals surface area contributed by atoms with E-state index < -0.39 is 0 Å². The highest BCUT2D eigenvalue weighted by molar-refractivity contribution is 7.14. The normalized spacial score (nSPS) is 17.6. The average molecular weight is 307 g/mol. The number of aryl methyl sites for hydroxylation is 1. The molecule has 0 radical (unpaired) electrons. The van der Waals surface area contributed by atoms with E-state index >= 15 is 0 Å². The van der Waals surface area contributed by atoms with Gasteiger partial charge in [-0.15, -0.1) is 11.3 Å². The quantitative estimate of drug-likeness (QED) is 0.904. The minimum absolute atomic E-state index is 0.0909. The summed E-state index contributed by atoms with van der Waals surface area (Å²) in [7, 11) is 0. The molecule has 2 aromatic heterocycles. The highest BCUT2D eigenvalue weighted by Gasteiger charge is 2.20. The van der Waals surface area contributed by atoms with Gasteiger partial charge in [-0.2, -0.15) is 0 Å². The second kappa shape index (κ2) is 5.54. The molecule has 2 heterocycles. The van der Waals surface area contributed by atoms with Crippen molar-refractivity contribution in [2.75, 3.05) is 5.32 Å². The van der Waals surface area contributed by atoms with Crippen molar-refractivity contribution < 1.29 is 4.79 Å². The molecular formula is C15H15ClN2OS. The molecule has 2 aromatic rings. The predicted octanol–water partition coefficient (Wildman–Crippen LogP) is 4.17. The molecule has 20 heavy (non-hydrogen) atoms. The Kier molecular flexibility index (Phi) is 3.76. The number of rotatable bonds is 2. The third-order valence-electron chi connectivity index (χ3n) is 3.52. The minimum atomic E-state index is -0.0909. The molecular weight excluding hydrogens is 292 g/mol. The van der Waals surface area contributed by atoms with Crippen LogP contribution in [-0.4, -0.2) is 10.9 Å². The maximum absolute atomic E-state index is 12.2. The first-order valence-corrected chi connectivity index (χ1v) is 7.86. The molecule has 3 rings (SSSR count). The number of fused-ring (bicyclic) bond motifs is 1. The van der Waals surface area contributed by atoms with Crippen molar-refractivity contribution in [3.05, 3.63) is 44.7 Å². The maximum Gasteiger partial charge on any atom is 0.266 e. The van der Waals surface area contributed by atoms with Gasteiger partial charge in [0.2, 0.25) is 0 Å². The summed E-state index contributed by atoms with van der Waals surface area (Å²) in [4.78, 5) is 18.4. The van der Waals surface area contributed by atoms with Gasteiger partial charge in [-0.1, -0.05) is 18.5 Å². The minimum Gasteiger partial charge on any atom is -0.306 e. The molecule has 0 aliphatic heterocycles. The molecule has 3 nitrogen and oxygen atoms in total. The predicted molar refractivity (Wildman–Crippen MR) is 82.7 cm³/mol. The number of hydrogen-bond acceptors (Lipinski definition) is 3. The smallest absolute Gasteiger partial charge is 0.266 e. The Morgan fingerprint density at radius 2 is 2.35 bits per heavy atom.